The molecule has 0 bridgehead atoms. The van der Waals surface area contributed by atoms with Crippen molar-refractivity contribution < 1.29 is 19.4 Å². The third-order valence-corrected chi connectivity index (χ3v) is 2.40. The zero-order chi connectivity index (χ0) is 13.0. The van der Waals surface area contributed by atoms with Crippen molar-refractivity contribution in [1.29, 1.82) is 0 Å². The molecule has 1 aromatic carbocycles. The summed E-state index contributed by atoms with van der Waals surface area (Å²) >= 11 is 0. The van der Waals surface area contributed by atoms with Gasteiger partial charge in [0.25, 0.3) is 0 Å². The lowest BCUT2D eigenvalue weighted by molar-refractivity contribution is -0.135. The van der Waals surface area contributed by atoms with E-state index in [0.717, 1.165) is 11.6 Å². The number of hydrogen-bond acceptors (Lipinski definition) is 4. The number of benzene rings is 1. The Labute approximate surface area is 103 Å². The predicted molar refractivity (Wildman–Crippen MR) is 64.2 cm³/mol. The fraction of sp³-hybridized carbons (Fsp3) is 0.154. The lowest BCUT2D eigenvalue weighted by Gasteiger charge is -2.02. The summed E-state index contributed by atoms with van der Waals surface area (Å²) in [5.74, 6) is -1.52. The van der Waals surface area contributed by atoms with Gasteiger partial charge in [0.1, 0.15) is 0 Å². The van der Waals surface area contributed by atoms with Crippen LogP contribution in [0.25, 0.3) is 0 Å². The SMILES string of the molecule is O=C(O)/C=C/C1=NC(Cc2ccccc2)C(=O)O1. The van der Waals surface area contributed by atoms with E-state index < -0.39 is 18.0 Å². The van der Waals surface area contributed by atoms with E-state index in [9.17, 15) is 9.59 Å². The quantitative estimate of drug-likeness (QED) is 0.638. The van der Waals surface area contributed by atoms with Gasteiger partial charge < -0.3 is 9.84 Å². The van der Waals surface area contributed by atoms with Gasteiger partial charge in [0, 0.05) is 18.6 Å². The van der Waals surface area contributed by atoms with Crippen LogP contribution in [0.5, 0.6) is 0 Å². The molecule has 0 aromatic heterocycles. The molecule has 1 aliphatic rings. The van der Waals surface area contributed by atoms with Crippen LogP contribution in [-0.4, -0.2) is 29.0 Å². The van der Waals surface area contributed by atoms with Crippen LogP contribution in [0.15, 0.2) is 47.5 Å². The van der Waals surface area contributed by atoms with Gasteiger partial charge in [-0.2, -0.15) is 0 Å². The minimum atomic E-state index is -1.11. The van der Waals surface area contributed by atoms with Crippen LogP contribution < -0.4 is 0 Å². The molecule has 0 saturated heterocycles. The zero-order valence-corrected chi connectivity index (χ0v) is 9.45. The van der Waals surface area contributed by atoms with E-state index in [2.05, 4.69) is 4.99 Å². The third kappa shape index (κ3) is 3.04. The van der Waals surface area contributed by atoms with Crippen LogP contribution in [0.2, 0.25) is 0 Å². The number of carbonyl (C=O) groups is 2. The number of aliphatic imine (C=N–C) groups is 1. The van der Waals surface area contributed by atoms with Crippen molar-refractivity contribution in [2.45, 2.75) is 12.5 Å². The smallest absolute Gasteiger partial charge is 0.338 e. The number of carboxylic acids is 1. The van der Waals surface area contributed by atoms with Crippen molar-refractivity contribution in [3.05, 3.63) is 48.0 Å². The monoisotopic (exact) mass is 245 g/mol. The van der Waals surface area contributed by atoms with Crippen molar-refractivity contribution in [2.24, 2.45) is 4.99 Å². The highest BCUT2D eigenvalue weighted by Gasteiger charge is 2.27. The van der Waals surface area contributed by atoms with Crippen LogP contribution in [0.3, 0.4) is 0 Å². The topological polar surface area (TPSA) is 76.0 Å². The van der Waals surface area contributed by atoms with Crippen molar-refractivity contribution in [3.8, 4) is 0 Å². The predicted octanol–water partition coefficient (Wildman–Crippen LogP) is 1.19. The number of hydrogen-bond donors (Lipinski definition) is 1. The zero-order valence-electron chi connectivity index (χ0n) is 9.45. The molecule has 18 heavy (non-hydrogen) atoms. The van der Waals surface area contributed by atoms with Gasteiger partial charge in [-0.3, -0.25) is 0 Å². The Morgan fingerprint density at radius 2 is 2.11 bits per heavy atom. The third-order valence-electron chi connectivity index (χ3n) is 2.40. The Morgan fingerprint density at radius 1 is 1.39 bits per heavy atom. The number of carboxylic acid groups (broad SMARTS) is 1. The minimum Gasteiger partial charge on any atom is -0.478 e. The average Bonchev–Trinajstić information content (AvgIpc) is 2.69. The molecule has 1 unspecified atom stereocenters. The van der Waals surface area contributed by atoms with E-state index in [1.165, 1.54) is 6.08 Å². The molecule has 0 spiro atoms. The molecule has 1 aromatic rings. The summed E-state index contributed by atoms with van der Waals surface area (Å²) in [4.78, 5) is 25.9. The van der Waals surface area contributed by atoms with E-state index in [-0.39, 0.29) is 5.90 Å². The van der Waals surface area contributed by atoms with E-state index in [0.29, 0.717) is 6.42 Å². The molecule has 5 nitrogen and oxygen atoms in total. The first-order valence-corrected chi connectivity index (χ1v) is 5.39. The molecule has 0 aliphatic carbocycles. The first kappa shape index (κ1) is 12.0. The van der Waals surface area contributed by atoms with Crippen molar-refractivity contribution in [3.63, 3.8) is 0 Å². The largest absolute Gasteiger partial charge is 0.478 e. The Balaban J connectivity index is 2.06. The summed E-state index contributed by atoms with van der Waals surface area (Å²) in [6.07, 6.45) is 2.51. The average molecular weight is 245 g/mol. The maximum absolute atomic E-state index is 11.5. The highest BCUT2D eigenvalue weighted by Crippen LogP contribution is 2.13. The second-order valence-electron chi connectivity index (χ2n) is 3.77. The van der Waals surface area contributed by atoms with Crippen LogP contribution in [-0.2, 0) is 20.7 Å². The second-order valence-corrected chi connectivity index (χ2v) is 3.77. The standard InChI is InChI=1S/C13H11NO4/c15-12(16)7-6-11-14-10(13(17)18-11)8-9-4-2-1-3-5-9/h1-7,10H,8H2,(H,15,16)/b7-6+. The molecule has 1 aliphatic heterocycles. The summed E-state index contributed by atoms with van der Waals surface area (Å²) in [5.41, 5.74) is 0.978. The fourth-order valence-corrected chi connectivity index (χ4v) is 1.59. The van der Waals surface area contributed by atoms with E-state index in [4.69, 9.17) is 9.84 Å². The van der Waals surface area contributed by atoms with Gasteiger partial charge in [-0.1, -0.05) is 30.3 Å². The summed E-state index contributed by atoms with van der Waals surface area (Å²) in [5, 5.41) is 8.46. The Kier molecular flexibility index (Phi) is 3.52. The molecular weight excluding hydrogens is 234 g/mol. The fourth-order valence-electron chi connectivity index (χ4n) is 1.59. The lowest BCUT2D eigenvalue weighted by atomic mass is 10.1. The van der Waals surface area contributed by atoms with Crippen molar-refractivity contribution >= 4 is 17.8 Å². The molecule has 0 amide bonds. The minimum absolute atomic E-state index is 0.0448. The maximum Gasteiger partial charge on any atom is 0.338 e. The molecule has 1 atom stereocenters. The second kappa shape index (κ2) is 5.27. The van der Waals surface area contributed by atoms with Gasteiger partial charge in [-0.05, 0) is 5.56 Å². The van der Waals surface area contributed by atoms with Gasteiger partial charge in [0.15, 0.2) is 6.04 Å². The number of ether oxygens (including phenoxy) is 1. The van der Waals surface area contributed by atoms with Crippen LogP contribution in [0, 0.1) is 0 Å². The Bertz CT molecular complexity index is 519. The normalized spacial score (nSPS) is 18.8. The molecule has 5 heteroatoms. The highest BCUT2D eigenvalue weighted by molar-refractivity contribution is 6.04. The van der Waals surface area contributed by atoms with Gasteiger partial charge in [0.2, 0.25) is 5.90 Å². The van der Waals surface area contributed by atoms with Crippen LogP contribution in [0.1, 0.15) is 5.56 Å². The van der Waals surface area contributed by atoms with E-state index >= 15 is 0 Å². The number of carbonyl (C=O) groups excluding carboxylic acids is 1. The number of esters is 1. The first-order valence-electron chi connectivity index (χ1n) is 5.39. The molecule has 92 valence electrons. The number of aliphatic carboxylic acids is 1. The van der Waals surface area contributed by atoms with Crippen molar-refractivity contribution in [2.75, 3.05) is 0 Å². The molecule has 0 saturated carbocycles. The van der Waals surface area contributed by atoms with Gasteiger partial charge >= 0.3 is 11.9 Å². The van der Waals surface area contributed by atoms with Crippen LogP contribution in [0.4, 0.5) is 0 Å². The summed E-state index contributed by atoms with van der Waals surface area (Å²) in [6.45, 7) is 0. The van der Waals surface area contributed by atoms with E-state index in [1.54, 1.807) is 0 Å². The summed E-state index contributed by atoms with van der Waals surface area (Å²) < 4.78 is 4.86. The lowest BCUT2D eigenvalue weighted by Crippen LogP contribution is -2.17. The molecule has 1 heterocycles. The Hall–Kier alpha value is -2.43. The van der Waals surface area contributed by atoms with E-state index in [1.807, 2.05) is 30.3 Å². The first-order chi connectivity index (χ1) is 8.65. The molecule has 0 fully saturated rings. The summed E-state index contributed by atoms with van der Waals surface area (Å²) in [7, 11) is 0. The molecule has 1 N–H and O–H groups in total. The Morgan fingerprint density at radius 3 is 2.78 bits per heavy atom. The maximum atomic E-state index is 11.5. The van der Waals surface area contributed by atoms with Gasteiger partial charge in [0.05, 0.1) is 0 Å². The number of rotatable bonds is 4. The summed E-state index contributed by atoms with van der Waals surface area (Å²) in [6, 6.07) is 8.85. The van der Waals surface area contributed by atoms with Crippen molar-refractivity contribution in [1.82, 2.24) is 0 Å². The van der Waals surface area contributed by atoms with Gasteiger partial charge in [-0.15, -0.1) is 0 Å². The molecular formula is C13H11NO4. The van der Waals surface area contributed by atoms with Crippen LogP contribution >= 0.6 is 0 Å². The molecule has 2 rings (SSSR count). The highest BCUT2D eigenvalue weighted by atomic mass is 16.6. The number of nitrogens with zero attached hydrogens (tertiary/aromatic N) is 1. The number of cyclic esters (lactones) is 1. The molecule has 0 radical (unpaired) electrons. The van der Waals surface area contributed by atoms with Gasteiger partial charge in [-0.25, -0.2) is 14.6 Å².